The number of carbonyl (C=O) groups excluding carboxylic acids is 1. The lowest BCUT2D eigenvalue weighted by Gasteiger charge is -2.07. The van der Waals surface area contributed by atoms with Gasteiger partial charge in [-0.3, -0.25) is 4.79 Å². The first kappa shape index (κ1) is 16.8. The van der Waals surface area contributed by atoms with Gasteiger partial charge in [-0.05, 0) is 41.5 Å². The maximum Gasteiger partial charge on any atom is 0.313 e. The van der Waals surface area contributed by atoms with Crippen LogP contribution in [-0.4, -0.2) is 5.97 Å². The average molecular weight is 326 g/mol. The molecule has 0 aliphatic carbocycles. The van der Waals surface area contributed by atoms with E-state index in [9.17, 15) is 10.1 Å². The summed E-state index contributed by atoms with van der Waals surface area (Å²) in [6.45, 7) is 3.55. The van der Waals surface area contributed by atoms with Crippen molar-refractivity contribution in [2.75, 3.05) is 0 Å². The maximum atomic E-state index is 11.7. The van der Waals surface area contributed by atoms with Crippen LogP contribution in [0.1, 0.15) is 25.0 Å². The lowest BCUT2D eigenvalue weighted by Crippen LogP contribution is -2.14. The largest absolute Gasteiger partial charge is 0.426 e. The van der Waals surface area contributed by atoms with Crippen molar-refractivity contribution in [1.82, 2.24) is 0 Å². The monoisotopic (exact) mass is 325 g/mol. The Morgan fingerprint density at radius 2 is 1.96 bits per heavy atom. The van der Waals surface area contributed by atoms with Crippen molar-refractivity contribution in [1.29, 1.82) is 5.26 Å². The fourth-order valence-electron chi connectivity index (χ4n) is 1.90. The Balaban J connectivity index is 2.31. The van der Waals surface area contributed by atoms with Crippen molar-refractivity contribution in [3.63, 3.8) is 0 Å². The maximum absolute atomic E-state index is 11.7. The molecule has 23 heavy (non-hydrogen) atoms. The zero-order chi connectivity index (χ0) is 16.8. The number of hydrogen-bond acceptors (Lipinski definition) is 3. The van der Waals surface area contributed by atoms with E-state index >= 15 is 0 Å². The lowest BCUT2D eigenvalue weighted by atomic mass is 10.0. The van der Waals surface area contributed by atoms with E-state index in [4.69, 9.17) is 16.3 Å². The minimum absolute atomic E-state index is 0.199. The van der Waals surface area contributed by atoms with Gasteiger partial charge < -0.3 is 4.74 Å². The van der Waals surface area contributed by atoms with Gasteiger partial charge in [0.25, 0.3) is 0 Å². The van der Waals surface area contributed by atoms with Gasteiger partial charge in [-0.25, -0.2) is 0 Å². The highest BCUT2D eigenvalue weighted by Crippen LogP contribution is 2.23. The average Bonchev–Trinajstić information content (AvgIpc) is 2.52. The van der Waals surface area contributed by atoms with Crippen LogP contribution in [0.25, 0.3) is 11.6 Å². The summed E-state index contributed by atoms with van der Waals surface area (Å²) in [6, 6.07) is 16.3. The number of allylic oxidation sites excluding steroid dienone is 1. The zero-order valence-corrected chi connectivity index (χ0v) is 13.7. The number of halogens is 1. The number of nitrogens with zero attached hydrogens (tertiary/aromatic N) is 1. The lowest BCUT2D eigenvalue weighted by molar-refractivity contribution is -0.137. The second kappa shape index (κ2) is 7.62. The number of esters is 1. The van der Waals surface area contributed by atoms with Crippen LogP contribution in [0.4, 0.5) is 0 Å². The third-order valence-corrected chi connectivity index (χ3v) is 3.35. The molecule has 0 aromatic heterocycles. The van der Waals surface area contributed by atoms with Gasteiger partial charge in [-0.15, -0.1) is 0 Å². The second-order valence-electron chi connectivity index (χ2n) is 5.33. The van der Waals surface area contributed by atoms with Gasteiger partial charge in [-0.1, -0.05) is 49.7 Å². The van der Waals surface area contributed by atoms with Crippen LogP contribution in [0.2, 0.25) is 5.02 Å². The molecule has 0 amide bonds. The molecular formula is C19H16ClNO2. The Bertz CT molecular complexity index is 788. The molecular weight excluding hydrogens is 310 g/mol. The van der Waals surface area contributed by atoms with Gasteiger partial charge >= 0.3 is 5.97 Å². The molecule has 0 saturated heterocycles. The molecule has 0 saturated carbocycles. The van der Waals surface area contributed by atoms with Gasteiger partial charge in [-0.2, -0.15) is 5.26 Å². The molecule has 3 nitrogen and oxygen atoms in total. The van der Waals surface area contributed by atoms with Crippen molar-refractivity contribution < 1.29 is 9.53 Å². The van der Waals surface area contributed by atoms with E-state index in [1.165, 1.54) is 0 Å². The van der Waals surface area contributed by atoms with Gasteiger partial charge in [0, 0.05) is 5.02 Å². The second-order valence-corrected chi connectivity index (χ2v) is 5.76. The Morgan fingerprint density at radius 3 is 2.61 bits per heavy atom. The Morgan fingerprint density at radius 1 is 1.22 bits per heavy atom. The zero-order valence-electron chi connectivity index (χ0n) is 12.9. The minimum Gasteiger partial charge on any atom is -0.426 e. The predicted molar refractivity (Wildman–Crippen MR) is 91.9 cm³/mol. The number of rotatable bonds is 4. The number of ether oxygens (including phenoxy) is 1. The Kier molecular flexibility index (Phi) is 5.56. The summed E-state index contributed by atoms with van der Waals surface area (Å²) >= 11 is 5.97. The summed E-state index contributed by atoms with van der Waals surface area (Å²) in [5, 5.41) is 9.94. The number of nitriles is 1. The first-order valence-corrected chi connectivity index (χ1v) is 7.57. The SMILES string of the molecule is CC(C)C(=O)Oc1cccc(/C=C(/C#N)c2cccc(Cl)c2)c1. The normalized spacial score (nSPS) is 11.2. The van der Waals surface area contributed by atoms with Gasteiger partial charge in [0.1, 0.15) is 5.75 Å². The van der Waals surface area contributed by atoms with E-state index < -0.39 is 0 Å². The standard InChI is InChI=1S/C19H16ClNO2/c1-13(2)19(22)23-18-8-3-5-14(10-18)9-16(12-21)15-6-4-7-17(20)11-15/h3-11,13H,1-2H3/b16-9-. The molecule has 0 unspecified atom stereocenters. The number of carbonyl (C=O) groups is 1. The van der Waals surface area contributed by atoms with Gasteiger partial charge in [0.05, 0.1) is 17.6 Å². The molecule has 0 spiro atoms. The third kappa shape index (κ3) is 4.70. The fourth-order valence-corrected chi connectivity index (χ4v) is 2.09. The molecule has 0 aliphatic heterocycles. The molecule has 0 aliphatic rings. The van der Waals surface area contributed by atoms with Crippen molar-refractivity contribution in [3.8, 4) is 11.8 Å². The fraction of sp³-hybridized carbons (Fsp3) is 0.158. The summed E-state index contributed by atoms with van der Waals surface area (Å²) in [5.74, 6) is -0.0300. The van der Waals surface area contributed by atoms with Crippen LogP contribution in [0.15, 0.2) is 48.5 Å². The van der Waals surface area contributed by atoms with Crippen molar-refractivity contribution in [3.05, 3.63) is 64.7 Å². The highest BCUT2D eigenvalue weighted by atomic mass is 35.5. The summed E-state index contributed by atoms with van der Waals surface area (Å²) in [5.41, 5.74) is 2.00. The topological polar surface area (TPSA) is 50.1 Å². The molecule has 2 aromatic rings. The quantitative estimate of drug-likeness (QED) is 0.345. The molecule has 4 heteroatoms. The van der Waals surface area contributed by atoms with Crippen LogP contribution in [0.5, 0.6) is 5.75 Å². The highest BCUT2D eigenvalue weighted by Gasteiger charge is 2.10. The summed E-state index contributed by atoms with van der Waals surface area (Å²) in [4.78, 5) is 11.7. The molecule has 0 atom stereocenters. The first-order chi connectivity index (χ1) is 11.0. The van der Waals surface area contributed by atoms with Gasteiger partial charge in [0.2, 0.25) is 0 Å². The molecule has 0 N–H and O–H groups in total. The number of benzene rings is 2. The van der Waals surface area contributed by atoms with Crippen molar-refractivity contribution in [2.45, 2.75) is 13.8 Å². The van der Waals surface area contributed by atoms with E-state index in [-0.39, 0.29) is 11.9 Å². The minimum atomic E-state index is -0.290. The van der Waals surface area contributed by atoms with Crippen molar-refractivity contribution >= 4 is 29.2 Å². The van der Waals surface area contributed by atoms with E-state index in [0.717, 1.165) is 11.1 Å². The van der Waals surface area contributed by atoms with Gasteiger partial charge in [0.15, 0.2) is 0 Å². The van der Waals surface area contributed by atoms with Crippen LogP contribution in [0.3, 0.4) is 0 Å². The smallest absolute Gasteiger partial charge is 0.313 e. The van der Waals surface area contributed by atoms with Crippen LogP contribution in [0, 0.1) is 17.2 Å². The summed E-state index contributed by atoms with van der Waals surface area (Å²) in [6.07, 6.45) is 1.73. The summed E-state index contributed by atoms with van der Waals surface area (Å²) in [7, 11) is 0. The van der Waals surface area contributed by atoms with Crippen LogP contribution in [-0.2, 0) is 4.79 Å². The molecule has 2 aromatic carbocycles. The van der Waals surface area contributed by atoms with E-state index in [0.29, 0.717) is 16.3 Å². The van der Waals surface area contributed by atoms with E-state index in [2.05, 4.69) is 6.07 Å². The van der Waals surface area contributed by atoms with Crippen LogP contribution < -0.4 is 4.74 Å². The number of hydrogen-bond donors (Lipinski definition) is 0. The molecule has 0 radical (unpaired) electrons. The molecule has 2 rings (SSSR count). The molecule has 0 bridgehead atoms. The molecule has 0 heterocycles. The van der Waals surface area contributed by atoms with Crippen molar-refractivity contribution in [2.24, 2.45) is 5.92 Å². The van der Waals surface area contributed by atoms with E-state index in [1.54, 1.807) is 56.3 Å². The predicted octanol–water partition coefficient (Wildman–Crippen LogP) is 4.97. The first-order valence-electron chi connectivity index (χ1n) is 7.19. The van der Waals surface area contributed by atoms with Crippen LogP contribution >= 0.6 is 11.6 Å². The molecule has 0 fully saturated rings. The Labute approximate surface area is 140 Å². The third-order valence-electron chi connectivity index (χ3n) is 3.12. The summed E-state index contributed by atoms with van der Waals surface area (Å²) < 4.78 is 5.28. The molecule has 116 valence electrons. The van der Waals surface area contributed by atoms with E-state index in [1.807, 2.05) is 12.1 Å². The Hall–Kier alpha value is -2.57. The highest BCUT2D eigenvalue weighted by molar-refractivity contribution is 6.30.